The van der Waals surface area contributed by atoms with Crippen molar-refractivity contribution in [3.05, 3.63) is 48.1 Å². The maximum absolute atomic E-state index is 10.3. The molecule has 1 saturated heterocycles. The van der Waals surface area contributed by atoms with Crippen LogP contribution in [0.2, 0.25) is 5.02 Å². The number of carbonyl (C=O) groups is 1. The molecule has 0 N–H and O–H groups in total. The highest BCUT2D eigenvalue weighted by Crippen LogP contribution is 2.14. The Kier molecular flexibility index (Phi) is 6.41. The molecule has 3 heteroatoms. The first-order chi connectivity index (χ1) is 8.26. The lowest BCUT2D eigenvalue weighted by atomic mass is 9.99. The molecule has 1 aromatic carbocycles. The lowest BCUT2D eigenvalue weighted by Gasteiger charge is -2.27. The second kappa shape index (κ2) is 7.91. The van der Waals surface area contributed by atoms with Crippen molar-refractivity contribution in [2.24, 2.45) is 5.92 Å². The molecule has 1 aromatic rings. The van der Waals surface area contributed by atoms with Crippen molar-refractivity contribution < 1.29 is 4.79 Å². The van der Waals surface area contributed by atoms with E-state index < -0.39 is 0 Å². The van der Waals surface area contributed by atoms with Crippen LogP contribution in [0.5, 0.6) is 0 Å². The van der Waals surface area contributed by atoms with Gasteiger partial charge in [-0.05, 0) is 31.2 Å². The summed E-state index contributed by atoms with van der Waals surface area (Å²) in [5, 5.41) is 0.794. The molecule has 2 rings (SSSR count). The second-order valence-electron chi connectivity index (χ2n) is 3.99. The molecule has 0 aromatic heterocycles. The normalized spacial score (nSPS) is 15.7. The summed E-state index contributed by atoms with van der Waals surface area (Å²) in [7, 11) is 0. The number of likely N-dealkylation sites (tertiary alicyclic amines) is 1. The fourth-order valence-corrected chi connectivity index (χ4v) is 1.80. The van der Waals surface area contributed by atoms with Crippen molar-refractivity contribution >= 4 is 17.9 Å². The number of benzene rings is 1. The van der Waals surface area contributed by atoms with Gasteiger partial charge in [0, 0.05) is 24.0 Å². The van der Waals surface area contributed by atoms with Crippen molar-refractivity contribution in [1.29, 1.82) is 0 Å². The average molecular weight is 252 g/mol. The number of aldehydes is 1. The van der Waals surface area contributed by atoms with Crippen LogP contribution in [-0.2, 0) is 4.79 Å². The molecule has 0 spiro atoms. The maximum Gasteiger partial charge on any atom is 0.123 e. The minimum atomic E-state index is 0.302. The molecule has 0 saturated carbocycles. The van der Waals surface area contributed by atoms with E-state index in [1.165, 1.54) is 0 Å². The highest BCUT2D eigenvalue weighted by atomic mass is 35.5. The van der Waals surface area contributed by atoms with Gasteiger partial charge in [-0.1, -0.05) is 36.4 Å². The first kappa shape index (κ1) is 13.8. The molecule has 0 radical (unpaired) electrons. The van der Waals surface area contributed by atoms with Crippen LogP contribution in [0.4, 0.5) is 0 Å². The van der Waals surface area contributed by atoms with Crippen LogP contribution >= 0.6 is 11.6 Å². The van der Waals surface area contributed by atoms with Gasteiger partial charge >= 0.3 is 0 Å². The van der Waals surface area contributed by atoms with E-state index in [2.05, 4.69) is 11.5 Å². The summed E-state index contributed by atoms with van der Waals surface area (Å²) < 4.78 is 0. The zero-order valence-corrected chi connectivity index (χ0v) is 10.6. The number of hydrogen-bond donors (Lipinski definition) is 0. The Balaban J connectivity index is 0.000000181. The first-order valence-corrected chi connectivity index (χ1v) is 6.16. The van der Waals surface area contributed by atoms with Crippen LogP contribution in [0.25, 0.3) is 0 Å². The van der Waals surface area contributed by atoms with Gasteiger partial charge in [-0.25, -0.2) is 0 Å². The summed E-state index contributed by atoms with van der Waals surface area (Å²) in [4.78, 5) is 12.5. The molecule has 1 aliphatic heterocycles. The summed E-state index contributed by atoms with van der Waals surface area (Å²) in [5.41, 5.74) is 0. The molecular formula is C14H18ClNO. The zero-order chi connectivity index (χ0) is 12.5. The summed E-state index contributed by atoms with van der Waals surface area (Å²) in [6, 6.07) is 9.44. The Bertz CT molecular complexity index is 315. The number of rotatable bonds is 2. The van der Waals surface area contributed by atoms with Gasteiger partial charge in [0.15, 0.2) is 0 Å². The fourth-order valence-electron chi connectivity index (χ4n) is 1.65. The minimum Gasteiger partial charge on any atom is -0.378 e. The summed E-state index contributed by atoms with van der Waals surface area (Å²) in [6.45, 7) is 5.66. The van der Waals surface area contributed by atoms with E-state index in [9.17, 15) is 4.79 Å². The van der Waals surface area contributed by atoms with Crippen molar-refractivity contribution in [2.45, 2.75) is 12.8 Å². The average Bonchev–Trinajstić information content (AvgIpc) is 2.40. The van der Waals surface area contributed by atoms with Crippen LogP contribution in [0.1, 0.15) is 12.8 Å². The van der Waals surface area contributed by atoms with Crippen molar-refractivity contribution in [3.63, 3.8) is 0 Å². The molecule has 17 heavy (non-hydrogen) atoms. The van der Waals surface area contributed by atoms with E-state index in [4.69, 9.17) is 11.6 Å². The van der Waals surface area contributed by atoms with Gasteiger partial charge in [-0.2, -0.15) is 0 Å². The van der Waals surface area contributed by atoms with Crippen molar-refractivity contribution in [3.8, 4) is 0 Å². The molecule has 92 valence electrons. The third kappa shape index (κ3) is 5.55. The smallest absolute Gasteiger partial charge is 0.123 e. The SMILES string of the molecule is C=CN1CCC(C=O)CC1.Clc1ccccc1. The lowest BCUT2D eigenvalue weighted by molar-refractivity contribution is -0.112. The van der Waals surface area contributed by atoms with Crippen LogP contribution < -0.4 is 0 Å². The molecule has 0 aliphatic carbocycles. The minimum absolute atomic E-state index is 0.302. The molecule has 0 unspecified atom stereocenters. The van der Waals surface area contributed by atoms with E-state index >= 15 is 0 Å². The molecular weight excluding hydrogens is 234 g/mol. The van der Waals surface area contributed by atoms with E-state index in [1.54, 1.807) is 0 Å². The highest BCUT2D eigenvalue weighted by Gasteiger charge is 2.15. The van der Waals surface area contributed by atoms with Crippen molar-refractivity contribution in [2.75, 3.05) is 13.1 Å². The van der Waals surface area contributed by atoms with Gasteiger partial charge in [0.05, 0.1) is 0 Å². The molecule has 1 heterocycles. The number of hydrogen-bond acceptors (Lipinski definition) is 2. The van der Waals surface area contributed by atoms with Gasteiger partial charge in [-0.15, -0.1) is 0 Å². The molecule has 2 nitrogen and oxygen atoms in total. The van der Waals surface area contributed by atoms with Gasteiger partial charge < -0.3 is 9.69 Å². The summed E-state index contributed by atoms with van der Waals surface area (Å²) in [5.74, 6) is 0.302. The largest absolute Gasteiger partial charge is 0.378 e. The molecule has 1 aliphatic rings. The number of carbonyl (C=O) groups excluding carboxylic acids is 1. The Labute approximate surface area is 108 Å². The number of halogens is 1. The quantitative estimate of drug-likeness (QED) is 0.751. The molecule has 0 bridgehead atoms. The topological polar surface area (TPSA) is 20.3 Å². The molecule has 0 atom stereocenters. The van der Waals surface area contributed by atoms with Gasteiger partial charge in [0.25, 0.3) is 0 Å². The van der Waals surface area contributed by atoms with Crippen LogP contribution in [0.15, 0.2) is 43.1 Å². The Hall–Kier alpha value is -1.28. The predicted octanol–water partition coefficient (Wildman–Crippen LogP) is 3.38. The Morgan fingerprint density at radius 3 is 2.18 bits per heavy atom. The first-order valence-electron chi connectivity index (χ1n) is 5.78. The zero-order valence-electron chi connectivity index (χ0n) is 9.89. The monoisotopic (exact) mass is 251 g/mol. The van der Waals surface area contributed by atoms with Crippen LogP contribution in [-0.4, -0.2) is 24.3 Å². The second-order valence-corrected chi connectivity index (χ2v) is 4.42. The van der Waals surface area contributed by atoms with Crippen molar-refractivity contribution in [1.82, 2.24) is 4.90 Å². The number of piperidine rings is 1. The van der Waals surface area contributed by atoms with Gasteiger partial charge in [-0.3, -0.25) is 0 Å². The Morgan fingerprint density at radius 2 is 1.82 bits per heavy atom. The lowest BCUT2D eigenvalue weighted by Crippen LogP contribution is -2.29. The standard InChI is InChI=1S/C8H13NO.C6H5Cl/c1-2-9-5-3-8(7-10)4-6-9;7-6-4-2-1-3-5-6/h2,7-8H,1,3-6H2;1-5H. The van der Waals surface area contributed by atoms with Crippen LogP contribution in [0, 0.1) is 5.92 Å². The van der Waals surface area contributed by atoms with Crippen LogP contribution in [0.3, 0.4) is 0 Å². The van der Waals surface area contributed by atoms with Gasteiger partial charge in [0.1, 0.15) is 6.29 Å². The fraction of sp³-hybridized carbons (Fsp3) is 0.357. The maximum atomic E-state index is 10.3. The molecule has 1 fully saturated rings. The highest BCUT2D eigenvalue weighted by molar-refractivity contribution is 6.30. The van der Waals surface area contributed by atoms with E-state index in [-0.39, 0.29) is 0 Å². The van der Waals surface area contributed by atoms with E-state index in [0.29, 0.717) is 5.92 Å². The number of nitrogens with zero attached hydrogens (tertiary/aromatic N) is 1. The third-order valence-corrected chi connectivity index (χ3v) is 3.01. The third-order valence-electron chi connectivity index (χ3n) is 2.76. The van der Waals surface area contributed by atoms with Gasteiger partial charge in [0.2, 0.25) is 0 Å². The molecule has 0 amide bonds. The predicted molar refractivity (Wildman–Crippen MR) is 72.0 cm³/mol. The summed E-state index contributed by atoms with van der Waals surface area (Å²) in [6.07, 6.45) is 4.91. The summed E-state index contributed by atoms with van der Waals surface area (Å²) >= 11 is 5.54. The Morgan fingerprint density at radius 1 is 1.24 bits per heavy atom. The van der Waals surface area contributed by atoms with E-state index in [1.807, 2.05) is 36.5 Å². The van der Waals surface area contributed by atoms with E-state index in [0.717, 1.165) is 37.2 Å².